The maximum Gasteiger partial charge on any atom is 0.328 e. The van der Waals surface area contributed by atoms with Crippen LogP contribution in [0.15, 0.2) is 18.2 Å². The predicted octanol–water partition coefficient (Wildman–Crippen LogP) is 3.86. The monoisotopic (exact) mass is 293 g/mol. The van der Waals surface area contributed by atoms with Gasteiger partial charge in [0.05, 0.1) is 0 Å². The topological polar surface area (TPSA) is 40.5 Å². The Kier molecular flexibility index (Phi) is 5.80. The molecule has 2 rings (SSSR count). The van der Waals surface area contributed by atoms with Crippen molar-refractivity contribution in [1.29, 1.82) is 0 Å². The molecular formula is C16H23NO2S. The Morgan fingerprint density at radius 1 is 1.45 bits per heavy atom. The molecule has 110 valence electrons. The fourth-order valence-corrected chi connectivity index (χ4v) is 3.69. The Hall–Kier alpha value is -1.13. The highest BCUT2D eigenvalue weighted by Gasteiger charge is 2.16. The molecule has 0 radical (unpaired) electrons. The van der Waals surface area contributed by atoms with Gasteiger partial charge >= 0.3 is 5.97 Å². The highest BCUT2D eigenvalue weighted by Crippen LogP contribution is 2.24. The van der Waals surface area contributed by atoms with Gasteiger partial charge in [-0.05, 0) is 56.5 Å². The van der Waals surface area contributed by atoms with Gasteiger partial charge in [-0.25, -0.2) is 4.79 Å². The summed E-state index contributed by atoms with van der Waals surface area (Å²) in [5.41, 5.74) is 0. The summed E-state index contributed by atoms with van der Waals surface area (Å²) >= 11 is 1.69. The summed E-state index contributed by atoms with van der Waals surface area (Å²) in [7, 11) is 0. The summed E-state index contributed by atoms with van der Waals surface area (Å²) in [6, 6.07) is 4.13. The first kappa shape index (κ1) is 15.3. The van der Waals surface area contributed by atoms with E-state index in [0.29, 0.717) is 0 Å². The van der Waals surface area contributed by atoms with Gasteiger partial charge in [0.2, 0.25) is 0 Å². The maximum atomic E-state index is 10.5. The van der Waals surface area contributed by atoms with Gasteiger partial charge in [0.1, 0.15) is 0 Å². The quantitative estimate of drug-likeness (QED) is 0.838. The van der Waals surface area contributed by atoms with Gasteiger partial charge in [0.25, 0.3) is 0 Å². The first-order valence-electron chi connectivity index (χ1n) is 7.39. The molecule has 1 saturated heterocycles. The smallest absolute Gasteiger partial charge is 0.328 e. The van der Waals surface area contributed by atoms with Crippen LogP contribution < -0.4 is 0 Å². The van der Waals surface area contributed by atoms with Gasteiger partial charge in [-0.3, -0.25) is 4.90 Å². The molecule has 1 unspecified atom stereocenters. The Labute approximate surface area is 124 Å². The zero-order chi connectivity index (χ0) is 14.4. The van der Waals surface area contributed by atoms with E-state index in [9.17, 15) is 4.79 Å². The third kappa shape index (κ3) is 4.76. The number of nitrogens with zero attached hydrogens (tertiary/aromatic N) is 1. The van der Waals surface area contributed by atoms with Crippen molar-refractivity contribution in [3.8, 4) is 0 Å². The Bertz CT molecular complexity index is 467. The van der Waals surface area contributed by atoms with E-state index in [-0.39, 0.29) is 0 Å². The summed E-state index contributed by atoms with van der Waals surface area (Å²) in [6.07, 6.45) is 8.16. The Balaban J connectivity index is 1.88. The number of carbonyl (C=O) groups is 1. The van der Waals surface area contributed by atoms with E-state index in [1.807, 2.05) is 6.07 Å². The highest BCUT2D eigenvalue weighted by molar-refractivity contribution is 7.12. The molecule has 1 N–H and O–H groups in total. The zero-order valence-electron chi connectivity index (χ0n) is 12.0. The summed E-state index contributed by atoms with van der Waals surface area (Å²) in [4.78, 5) is 15.4. The van der Waals surface area contributed by atoms with E-state index >= 15 is 0 Å². The van der Waals surface area contributed by atoms with Crippen LogP contribution in [-0.2, 0) is 11.3 Å². The molecule has 1 atom stereocenters. The highest BCUT2D eigenvalue weighted by atomic mass is 32.1. The van der Waals surface area contributed by atoms with Crippen molar-refractivity contribution in [1.82, 2.24) is 4.90 Å². The van der Waals surface area contributed by atoms with E-state index in [1.165, 1.54) is 49.7 Å². The van der Waals surface area contributed by atoms with E-state index in [1.54, 1.807) is 17.4 Å². The van der Waals surface area contributed by atoms with Crippen LogP contribution in [-0.4, -0.2) is 29.1 Å². The largest absolute Gasteiger partial charge is 0.478 e. The van der Waals surface area contributed by atoms with Crippen molar-refractivity contribution in [2.75, 3.05) is 13.1 Å². The summed E-state index contributed by atoms with van der Waals surface area (Å²) in [5, 5.41) is 8.63. The zero-order valence-corrected chi connectivity index (χ0v) is 12.9. The fraction of sp³-hybridized carbons (Fsp3) is 0.562. The SMILES string of the molecule is CCC1CCCN(Cc2ccc(C=CC(=O)O)s2)CC1. The summed E-state index contributed by atoms with van der Waals surface area (Å²) in [6.45, 7) is 5.67. The molecule has 1 aromatic heterocycles. The first-order valence-corrected chi connectivity index (χ1v) is 8.21. The van der Waals surface area contributed by atoms with E-state index in [0.717, 1.165) is 17.3 Å². The number of likely N-dealkylation sites (tertiary alicyclic amines) is 1. The van der Waals surface area contributed by atoms with E-state index in [4.69, 9.17) is 5.11 Å². The molecule has 0 spiro atoms. The minimum Gasteiger partial charge on any atom is -0.478 e. The van der Waals surface area contributed by atoms with Crippen LogP contribution in [0.2, 0.25) is 0 Å². The molecule has 1 fully saturated rings. The standard InChI is InChI=1S/C16H23NO2S/c1-2-13-4-3-10-17(11-9-13)12-15-6-5-14(20-15)7-8-16(18)19/h5-8,13H,2-4,9-12H2,1H3,(H,18,19). The van der Waals surface area contributed by atoms with Gasteiger partial charge in [-0.1, -0.05) is 13.3 Å². The molecule has 1 aliphatic rings. The number of hydrogen-bond donors (Lipinski definition) is 1. The molecule has 20 heavy (non-hydrogen) atoms. The minimum absolute atomic E-state index is 0.891. The number of thiophene rings is 1. The van der Waals surface area contributed by atoms with Crippen LogP contribution in [0, 0.1) is 5.92 Å². The Morgan fingerprint density at radius 3 is 3.05 bits per heavy atom. The van der Waals surface area contributed by atoms with E-state index in [2.05, 4.69) is 17.9 Å². The van der Waals surface area contributed by atoms with Crippen LogP contribution in [0.1, 0.15) is 42.4 Å². The van der Waals surface area contributed by atoms with Gasteiger partial charge in [0, 0.05) is 22.4 Å². The molecule has 0 aromatic carbocycles. The Morgan fingerprint density at radius 2 is 2.30 bits per heavy atom. The third-order valence-corrected chi connectivity index (χ3v) is 5.00. The summed E-state index contributed by atoms with van der Waals surface area (Å²) in [5.74, 6) is 0.00970. The van der Waals surface area contributed by atoms with Crippen molar-refractivity contribution in [3.05, 3.63) is 28.0 Å². The van der Waals surface area contributed by atoms with E-state index < -0.39 is 5.97 Å². The lowest BCUT2D eigenvalue weighted by Gasteiger charge is -2.19. The second kappa shape index (κ2) is 7.60. The second-order valence-corrected chi connectivity index (χ2v) is 6.66. The number of carboxylic acids is 1. The molecule has 1 aliphatic heterocycles. The van der Waals surface area contributed by atoms with Crippen LogP contribution in [0.3, 0.4) is 0 Å². The molecule has 0 amide bonds. The number of aliphatic carboxylic acids is 1. The molecule has 2 heterocycles. The number of carboxylic acid groups (broad SMARTS) is 1. The first-order chi connectivity index (χ1) is 9.67. The van der Waals surface area contributed by atoms with Crippen molar-refractivity contribution in [3.63, 3.8) is 0 Å². The fourth-order valence-electron chi connectivity index (χ4n) is 2.73. The normalized spacial score (nSPS) is 21.1. The predicted molar refractivity (Wildman–Crippen MR) is 83.9 cm³/mol. The van der Waals surface area contributed by atoms with Crippen molar-refractivity contribution in [2.45, 2.75) is 39.2 Å². The molecule has 0 saturated carbocycles. The number of hydrogen-bond acceptors (Lipinski definition) is 3. The lowest BCUT2D eigenvalue weighted by atomic mass is 9.98. The maximum absolute atomic E-state index is 10.5. The average molecular weight is 293 g/mol. The molecule has 0 bridgehead atoms. The lowest BCUT2D eigenvalue weighted by molar-refractivity contribution is -0.131. The van der Waals surface area contributed by atoms with Gasteiger partial charge in [-0.2, -0.15) is 0 Å². The second-order valence-electron chi connectivity index (χ2n) is 5.46. The lowest BCUT2D eigenvalue weighted by Crippen LogP contribution is -2.23. The minimum atomic E-state index is -0.891. The van der Waals surface area contributed by atoms with Gasteiger partial charge in [-0.15, -0.1) is 11.3 Å². The van der Waals surface area contributed by atoms with Crippen molar-refractivity contribution >= 4 is 23.4 Å². The van der Waals surface area contributed by atoms with Crippen LogP contribution in [0.5, 0.6) is 0 Å². The number of rotatable bonds is 5. The third-order valence-electron chi connectivity index (χ3n) is 3.97. The van der Waals surface area contributed by atoms with Crippen molar-refractivity contribution < 1.29 is 9.90 Å². The van der Waals surface area contributed by atoms with Crippen LogP contribution in [0.25, 0.3) is 6.08 Å². The van der Waals surface area contributed by atoms with Gasteiger partial charge in [0.15, 0.2) is 0 Å². The van der Waals surface area contributed by atoms with Gasteiger partial charge < -0.3 is 5.11 Å². The molecule has 1 aromatic rings. The molecular weight excluding hydrogens is 270 g/mol. The van der Waals surface area contributed by atoms with Crippen LogP contribution in [0.4, 0.5) is 0 Å². The van der Waals surface area contributed by atoms with Crippen molar-refractivity contribution in [2.24, 2.45) is 5.92 Å². The van der Waals surface area contributed by atoms with Crippen LogP contribution >= 0.6 is 11.3 Å². The molecule has 4 heteroatoms. The average Bonchev–Trinajstić information content (AvgIpc) is 2.74. The molecule has 0 aliphatic carbocycles. The molecule has 3 nitrogen and oxygen atoms in total. The summed E-state index contributed by atoms with van der Waals surface area (Å²) < 4.78 is 0.